The number of hydrogen-bond acceptors (Lipinski definition) is 0. The second-order valence-electron chi connectivity index (χ2n) is 5.70. The Hall–Kier alpha value is -1.22. The molecule has 5 heteroatoms. The summed E-state index contributed by atoms with van der Waals surface area (Å²) in [5, 5.41) is 4.19. The van der Waals surface area contributed by atoms with Crippen LogP contribution in [0.4, 0.5) is 0 Å². The van der Waals surface area contributed by atoms with Gasteiger partial charge in [-0.05, 0) is 23.8 Å². The van der Waals surface area contributed by atoms with Crippen LogP contribution in [0.5, 0.6) is 0 Å². The minimum absolute atomic E-state index is 0. The van der Waals surface area contributed by atoms with Crippen LogP contribution in [0.2, 0.25) is 6.32 Å². The van der Waals surface area contributed by atoms with Crippen LogP contribution in [0, 0.1) is 0 Å². The Balaban J connectivity index is 0.000000462. The number of rotatable bonds is 5. The SMILES string of the molecule is BBBCC.[Ni].c1ccc(P(c2ccccc2)c2ccccc2)cc1. The maximum Gasteiger partial charge on any atom is 0.0776 e. The van der Waals surface area contributed by atoms with Gasteiger partial charge in [0.1, 0.15) is 0 Å². The van der Waals surface area contributed by atoms with Gasteiger partial charge < -0.3 is 0 Å². The fourth-order valence-electron chi connectivity index (χ4n) is 2.53. The van der Waals surface area contributed by atoms with E-state index in [1.165, 1.54) is 36.5 Å². The zero-order valence-electron chi connectivity index (χ0n) is 15.0. The smallest absolute Gasteiger partial charge is 0.0776 e. The molecule has 0 heterocycles. The van der Waals surface area contributed by atoms with Gasteiger partial charge in [0, 0.05) is 16.5 Å². The molecule has 0 N–H and O–H groups in total. The van der Waals surface area contributed by atoms with Gasteiger partial charge in [-0.1, -0.05) is 104 Å². The van der Waals surface area contributed by atoms with E-state index in [0.29, 0.717) is 0 Å². The van der Waals surface area contributed by atoms with Crippen molar-refractivity contribution in [1.29, 1.82) is 0 Å². The fraction of sp³-hybridized carbons (Fsp3) is 0.100. The van der Waals surface area contributed by atoms with Gasteiger partial charge >= 0.3 is 0 Å². The third kappa shape index (κ3) is 7.27. The molecule has 0 saturated carbocycles. The molecular formula is C20H24B3NiP. The first-order chi connectivity index (χ1) is 11.9. The summed E-state index contributed by atoms with van der Waals surface area (Å²) in [6.45, 7) is 2.21. The van der Waals surface area contributed by atoms with Crippen LogP contribution in [0.15, 0.2) is 91.0 Å². The Kier molecular flexibility index (Phi) is 11.4. The van der Waals surface area contributed by atoms with Crippen molar-refractivity contribution in [3.05, 3.63) is 91.0 Å². The maximum atomic E-state index is 2.23. The molecule has 0 spiro atoms. The molecule has 0 unspecified atom stereocenters. The van der Waals surface area contributed by atoms with Crippen molar-refractivity contribution in [3.8, 4) is 0 Å². The molecule has 0 aliphatic rings. The summed E-state index contributed by atoms with van der Waals surface area (Å²) in [5.41, 5.74) is 0. The number of benzene rings is 3. The zero-order valence-corrected chi connectivity index (χ0v) is 16.9. The van der Waals surface area contributed by atoms with Gasteiger partial charge in [-0.2, -0.15) is 0 Å². The Labute approximate surface area is 166 Å². The van der Waals surface area contributed by atoms with Crippen LogP contribution in [-0.4, -0.2) is 22.0 Å². The molecule has 0 nitrogen and oxygen atoms in total. The minimum Gasteiger partial charge on any atom is -0.0881 e. The van der Waals surface area contributed by atoms with E-state index in [0.717, 1.165) is 0 Å². The van der Waals surface area contributed by atoms with E-state index in [9.17, 15) is 0 Å². The maximum absolute atomic E-state index is 2.23. The summed E-state index contributed by atoms with van der Waals surface area (Å²) in [5.74, 6) is 0. The molecule has 128 valence electrons. The Bertz CT molecular complexity index is 585. The Morgan fingerprint density at radius 2 is 1.00 bits per heavy atom. The standard InChI is InChI=1S/C18H15P.C2H9B3.Ni/c1-4-10-16(11-5-1)19(17-12-6-2-7-13-17)18-14-8-3-9-15-18;1-2-4-5-3;/h1-15H;4-5H,2-3H2,1H3;. The molecule has 3 aromatic rings. The first-order valence-corrected chi connectivity index (χ1v) is 10.2. The van der Waals surface area contributed by atoms with Crippen LogP contribution in [0.25, 0.3) is 0 Å². The van der Waals surface area contributed by atoms with Crippen molar-refractivity contribution >= 4 is 45.8 Å². The fourth-order valence-corrected chi connectivity index (χ4v) is 4.84. The average molecular weight is 387 g/mol. The molecule has 3 aromatic carbocycles. The Morgan fingerprint density at radius 1 is 0.680 bits per heavy atom. The average Bonchev–Trinajstić information content (AvgIpc) is 2.66. The molecule has 0 fully saturated rings. The van der Waals surface area contributed by atoms with E-state index < -0.39 is 7.92 Å². The molecule has 25 heavy (non-hydrogen) atoms. The molecule has 0 bridgehead atoms. The van der Waals surface area contributed by atoms with E-state index >= 15 is 0 Å². The van der Waals surface area contributed by atoms with Crippen LogP contribution in [0.1, 0.15) is 6.92 Å². The predicted octanol–water partition coefficient (Wildman–Crippen LogP) is 2.20. The molecule has 0 aliphatic heterocycles. The van der Waals surface area contributed by atoms with Gasteiger partial charge in [0.05, 0.1) is 22.0 Å². The molecule has 0 aliphatic carbocycles. The molecular weight excluding hydrogens is 362 g/mol. The zero-order chi connectivity index (χ0) is 17.0. The molecule has 3 rings (SSSR count). The monoisotopic (exact) mass is 386 g/mol. The van der Waals surface area contributed by atoms with Crippen molar-refractivity contribution in [3.63, 3.8) is 0 Å². The Morgan fingerprint density at radius 3 is 1.20 bits per heavy atom. The van der Waals surface area contributed by atoms with E-state index in [4.69, 9.17) is 0 Å². The van der Waals surface area contributed by atoms with E-state index in [2.05, 4.69) is 106 Å². The van der Waals surface area contributed by atoms with Crippen molar-refractivity contribution in [2.45, 2.75) is 13.2 Å². The third-order valence-electron chi connectivity index (χ3n) is 3.75. The topological polar surface area (TPSA) is 0 Å². The second-order valence-corrected chi connectivity index (χ2v) is 7.92. The normalized spacial score (nSPS) is 9.36. The summed E-state index contributed by atoms with van der Waals surface area (Å²) in [6.07, 6.45) is 1.34. The quantitative estimate of drug-likeness (QED) is 0.466. The van der Waals surface area contributed by atoms with Crippen LogP contribution in [-0.2, 0) is 16.5 Å². The summed E-state index contributed by atoms with van der Waals surface area (Å²) in [4.78, 5) is 0. The third-order valence-corrected chi connectivity index (χ3v) is 6.19. The van der Waals surface area contributed by atoms with Crippen molar-refractivity contribution in [1.82, 2.24) is 0 Å². The molecule has 0 aromatic heterocycles. The van der Waals surface area contributed by atoms with Gasteiger partial charge in [-0.25, -0.2) is 0 Å². The van der Waals surface area contributed by atoms with Crippen LogP contribution < -0.4 is 15.9 Å². The van der Waals surface area contributed by atoms with E-state index in [1.807, 2.05) is 0 Å². The molecule has 0 amide bonds. The van der Waals surface area contributed by atoms with Crippen LogP contribution in [0.3, 0.4) is 0 Å². The summed E-state index contributed by atoms with van der Waals surface area (Å²) in [7, 11) is 4.50. The van der Waals surface area contributed by atoms with Crippen molar-refractivity contribution in [2.24, 2.45) is 0 Å². The molecule has 0 atom stereocenters. The van der Waals surface area contributed by atoms with Gasteiger partial charge in [0.2, 0.25) is 0 Å². The van der Waals surface area contributed by atoms with Crippen molar-refractivity contribution < 1.29 is 16.5 Å². The largest absolute Gasteiger partial charge is 0.0881 e. The second kappa shape index (κ2) is 13.0. The summed E-state index contributed by atoms with van der Waals surface area (Å²) in [6, 6.07) is 32.3. The van der Waals surface area contributed by atoms with Gasteiger partial charge in [0.25, 0.3) is 0 Å². The van der Waals surface area contributed by atoms with Gasteiger partial charge in [-0.15, -0.1) is 0 Å². The molecule has 0 radical (unpaired) electrons. The first-order valence-electron chi connectivity index (χ1n) is 8.82. The predicted molar refractivity (Wildman–Crippen MR) is 118 cm³/mol. The van der Waals surface area contributed by atoms with Crippen molar-refractivity contribution in [2.75, 3.05) is 0 Å². The first kappa shape index (κ1) is 21.8. The van der Waals surface area contributed by atoms with E-state index in [-0.39, 0.29) is 16.5 Å². The summed E-state index contributed by atoms with van der Waals surface area (Å²) >= 11 is 0. The van der Waals surface area contributed by atoms with E-state index in [1.54, 1.807) is 0 Å². The number of hydrogen-bond donors (Lipinski definition) is 0. The van der Waals surface area contributed by atoms with Crippen LogP contribution >= 0.6 is 7.92 Å². The van der Waals surface area contributed by atoms with Gasteiger partial charge in [-0.3, -0.25) is 0 Å². The van der Waals surface area contributed by atoms with Gasteiger partial charge in [0.15, 0.2) is 0 Å². The molecule has 0 saturated heterocycles. The summed E-state index contributed by atoms with van der Waals surface area (Å²) < 4.78 is 0. The minimum atomic E-state index is -0.446.